The summed E-state index contributed by atoms with van der Waals surface area (Å²) in [5, 5.41) is 5.68. The van der Waals surface area contributed by atoms with Crippen LogP contribution in [-0.4, -0.2) is 31.3 Å². The van der Waals surface area contributed by atoms with Crippen molar-refractivity contribution in [1.82, 2.24) is 0 Å². The maximum atomic E-state index is 14.4. The zero-order valence-electron chi connectivity index (χ0n) is 20.4. The van der Waals surface area contributed by atoms with E-state index < -0.39 is 30.0 Å². The third kappa shape index (κ3) is 8.40. The Kier molecular flexibility index (Phi) is 10.8. The fourth-order valence-electron chi connectivity index (χ4n) is 3.69. The lowest BCUT2D eigenvalue weighted by atomic mass is 10.1. The normalized spacial score (nSPS) is 13.3. The zero-order chi connectivity index (χ0) is 26.0. The Balaban J connectivity index is 2.13. The number of benzene rings is 2. The quantitative estimate of drug-likeness (QED) is 0.224. The lowest BCUT2D eigenvalue weighted by molar-refractivity contribution is -0.137. The maximum absolute atomic E-state index is 14.4. The summed E-state index contributed by atoms with van der Waals surface area (Å²) in [6.07, 6.45) is -6.32. The fraction of sp³-hybridized carbons (Fsp3) is 0.500. The first-order valence-corrected chi connectivity index (χ1v) is 12.0. The third-order valence-corrected chi connectivity index (χ3v) is 5.79. The first kappa shape index (κ1) is 28.4. The maximum Gasteiger partial charge on any atom is 0.416 e. The second-order valence-corrected chi connectivity index (χ2v) is 8.36. The molecule has 0 aliphatic carbocycles. The molecule has 4 nitrogen and oxygen atoms in total. The number of hydrogen-bond donors (Lipinski definition) is 2. The SMILES string of the molecule is CCCCCC(F)C(F)C(=O)Nc1ccc(NCc2ccc(C(F)(F)F)cc2)cc1N(CC)CC. The molecular formula is C26H34F5N3O. The third-order valence-electron chi connectivity index (χ3n) is 5.79. The van der Waals surface area contributed by atoms with Crippen LogP contribution in [0.4, 0.5) is 39.0 Å². The molecule has 0 aromatic heterocycles. The largest absolute Gasteiger partial charge is 0.416 e. The predicted octanol–water partition coefficient (Wildman–Crippen LogP) is 7.36. The molecule has 0 saturated carbocycles. The van der Waals surface area contributed by atoms with E-state index >= 15 is 0 Å². The van der Waals surface area contributed by atoms with Crippen molar-refractivity contribution in [1.29, 1.82) is 0 Å². The highest BCUT2D eigenvalue weighted by atomic mass is 19.4. The van der Waals surface area contributed by atoms with Crippen LogP contribution < -0.4 is 15.5 Å². The van der Waals surface area contributed by atoms with Crippen molar-refractivity contribution in [3.05, 3.63) is 53.6 Å². The summed E-state index contributed by atoms with van der Waals surface area (Å²) >= 11 is 0. The van der Waals surface area contributed by atoms with Crippen LogP contribution in [0.25, 0.3) is 0 Å². The smallest absolute Gasteiger partial charge is 0.381 e. The summed E-state index contributed by atoms with van der Waals surface area (Å²) in [7, 11) is 0. The molecular weight excluding hydrogens is 465 g/mol. The number of nitrogens with zero attached hydrogens (tertiary/aromatic N) is 1. The van der Waals surface area contributed by atoms with E-state index in [2.05, 4.69) is 10.6 Å². The molecule has 35 heavy (non-hydrogen) atoms. The highest BCUT2D eigenvalue weighted by Gasteiger charge is 2.30. The van der Waals surface area contributed by atoms with Crippen molar-refractivity contribution in [3.63, 3.8) is 0 Å². The fourth-order valence-corrected chi connectivity index (χ4v) is 3.69. The second kappa shape index (κ2) is 13.3. The van der Waals surface area contributed by atoms with Gasteiger partial charge < -0.3 is 15.5 Å². The molecule has 0 spiro atoms. The lowest BCUT2D eigenvalue weighted by Crippen LogP contribution is -2.33. The van der Waals surface area contributed by atoms with E-state index in [4.69, 9.17) is 0 Å². The van der Waals surface area contributed by atoms with Crippen LogP contribution in [0.2, 0.25) is 0 Å². The van der Waals surface area contributed by atoms with E-state index in [1.165, 1.54) is 12.1 Å². The Bertz CT molecular complexity index is 930. The minimum Gasteiger partial charge on any atom is -0.381 e. The van der Waals surface area contributed by atoms with Gasteiger partial charge in [-0.1, -0.05) is 38.3 Å². The molecule has 2 unspecified atom stereocenters. The summed E-state index contributed by atoms with van der Waals surface area (Å²) in [5.41, 5.74) is 1.62. The van der Waals surface area contributed by atoms with Crippen LogP contribution in [-0.2, 0) is 17.5 Å². The number of carbonyl (C=O) groups excluding carboxylic acids is 1. The van der Waals surface area contributed by atoms with Gasteiger partial charge in [-0.2, -0.15) is 13.2 Å². The van der Waals surface area contributed by atoms with E-state index in [-0.39, 0.29) is 13.0 Å². The number of hydrogen-bond acceptors (Lipinski definition) is 3. The summed E-state index contributed by atoms with van der Waals surface area (Å²) in [4.78, 5) is 14.4. The van der Waals surface area contributed by atoms with Crippen LogP contribution in [0.3, 0.4) is 0 Å². The number of rotatable bonds is 13. The number of nitrogens with one attached hydrogen (secondary N) is 2. The lowest BCUT2D eigenvalue weighted by Gasteiger charge is -2.26. The summed E-state index contributed by atoms with van der Waals surface area (Å²) in [6, 6.07) is 9.94. The summed E-state index contributed by atoms with van der Waals surface area (Å²) < 4.78 is 66.8. The Morgan fingerprint density at radius 1 is 0.971 bits per heavy atom. The number of carbonyl (C=O) groups is 1. The van der Waals surface area contributed by atoms with Gasteiger partial charge in [-0.25, -0.2) is 8.78 Å². The molecule has 1 amide bonds. The molecule has 9 heteroatoms. The molecule has 2 aromatic rings. The van der Waals surface area contributed by atoms with Gasteiger partial charge in [0.05, 0.1) is 16.9 Å². The van der Waals surface area contributed by atoms with Gasteiger partial charge in [0.2, 0.25) is 6.17 Å². The van der Waals surface area contributed by atoms with Crippen molar-refractivity contribution in [2.24, 2.45) is 0 Å². The van der Waals surface area contributed by atoms with E-state index in [0.717, 1.165) is 25.0 Å². The Morgan fingerprint density at radius 3 is 2.20 bits per heavy atom. The van der Waals surface area contributed by atoms with Gasteiger partial charge >= 0.3 is 6.18 Å². The predicted molar refractivity (Wildman–Crippen MR) is 131 cm³/mol. The van der Waals surface area contributed by atoms with E-state index in [1.807, 2.05) is 25.7 Å². The van der Waals surface area contributed by atoms with Crippen LogP contribution in [0.15, 0.2) is 42.5 Å². The van der Waals surface area contributed by atoms with Gasteiger partial charge in [-0.05, 0) is 56.2 Å². The molecule has 2 N–H and O–H groups in total. The molecule has 0 fully saturated rings. The number of anilines is 3. The highest BCUT2D eigenvalue weighted by Crippen LogP contribution is 2.31. The molecule has 0 aliphatic heterocycles. The summed E-state index contributed by atoms with van der Waals surface area (Å²) in [6.45, 7) is 7.34. The molecule has 2 rings (SSSR count). The minimum atomic E-state index is -4.39. The van der Waals surface area contributed by atoms with Crippen LogP contribution in [0.5, 0.6) is 0 Å². The number of unbranched alkanes of at least 4 members (excludes halogenated alkanes) is 2. The molecule has 0 saturated heterocycles. The standard InChI is InChI=1S/C26H34F5N3O/c1-4-7-8-9-21(27)24(28)25(35)33-22-15-14-20(16-23(22)34(5-2)6-3)32-17-18-10-12-19(13-11-18)26(29,30)31/h10-16,21,24,32H,4-9,17H2,1-3H3,(H,33,35). The average molecular weight is 500 g/mol. The molecule has 0 aliphatic rings. The minimum absolute atomic E-state index is 0.00185. The monoisotopic (exact) mass is 499 g/mol. The second-order valence-electron chi connectivity index (χ2n) is 8.36. The Hall–Kier alpha value is -2.84. The topological polar surface area (TPSA) is 44.4 Å². The van der Waals surface area contributed by atoms with E-state index in [0.29, 0.717) is 42.1 Å². The van der Waals surface area contributed by atoms with Crippen molar-refractivity contribution in [2.75, 3.05) is 28.6 Å². The first-order chi connectivity index (χ1) is 16.6. The Labute approximate surface area is 203 Å². The number of amides is 1. The van der Waals surface area contributed by atoms with Crippen LogP contribution in [0, 0.1) is 0 Å². The van der Waals surface area contributed by atoms with Gasteiger partial charge in [-0.3, -0.25) is 4.79 Å². The highest BCUT2D eigenvalue weighted by molar-refractivity contribution is 5.98. The summed E-state index contributed by atoms with van der Waals surface area (Å²) in [5.74, 6) is -1.02. The van der Waals surface area contributed by atoms with Gasteiger partial charge in [0.1, 0.15) is 6.17 Å². The van der Waals surface area contributed by atoms with Crippen LogP contribution in [0.1, 0.15) is 57.6 Å². The van der Waals surface area contributed by atoms with Crippen LogP contribution >= 0.6 is 0 Å². The zero-order valence-corrected chi connectivity index (χ0v) is 20.4. The van der Waals surface area contributed by atoms with Crippen molar-refractivity contribution >= 4 is 23.0 Å². The Morgan fingerprint density at radius 2 is 1.63 bits per heavy atom. The van der Waals surface area contributed by atoms with Gasteiger partial charge in [0, 0.05) is 25.3 Å². The van der Waals surface area contributed by atoms with Crippen molar-refractivity contribution in [3.8, 4) is 0 Å². The molecule has 2 atom stereocenters. The van der Waals surface area contributed by atoms with Gasteiger partial charge in [-0.15, -0.1) is 0 Å². The van der Waals surface area contributed by atoms with E-state index in [1.54, 1.807) is 18.2 Å². The average Bonchev–Trinajstić information content (AvgIpc) is 2.84. The van der Waals surface area contributed by atoms with Gasteiger partial charge in [0.25, 0.3) is 5.91 Å². The van der Waals surface area contributed by atoms with Crippen molar-refractivity contribution < 1.29 is 26.7 Å². The number of halogens is 5. The molecule has 2 aromatic carbocycles. The first-order valence-electron chi connectivity index (χ1n) is 12.0. The van der Waals surface area contributed by atoms with Crippen molar-refractivity contribution in [2.45, 2.75) is 71.5 Å². The molecule has 0 bridgehead atoms. The molecule has 194 valence electrons. The molecule has 0 radical (unpaired) electrons. The van der Waals surface area contributed by atoms with E-state index in [9.17, 15) is 26.7 Å². The molecule has 0 heterocycles. The number of alkyl halides is 5. The van der Waals surface area contributed by atoms with Gasteiger partial charge in [0.15, 0.2) is 0 Å².